The van der Waals surface area contributed by atoms with E-state index in [4.69, 9.17) is 0 Å². The maximum atomic E-state index is 11.9. The van der Waals surface area contributed by atoms with Crippen molar-refractivity contribution in [2.45, 2.75) is 71.4 Å². The van der Waals surface area contributed by atoms with E-state index >= 15 is 0 Å². The van der Waals surface area contributed by atoms with E-state index in [-0.39, 0.29) is 36.4 Å². The highest BCUT2D eigenvalue weighted by molar-refractivity contribution is 14.0. The standard InChI is InChI=1S/C15H30N4O.HI/c1-4-12(3)18-15(16-5-2)17-11-14(20)19-13-9-7-6-8-10-13;/h12-13H,4-11H2,1-3H3,(H,19,20)(H2,16,17,18);1H. The molecule has 124 valence electrons. The molecule has 1 aliphatic carbocycles. The van der Waals surface area contributed by atoms with Crippen LogP contribution in [-0.2, 0) is 4.79 Å². The second kappa shape index (κ2) is 12.1. The minimum atomic E-state index is 0. The van der Waals surface area contributed by atoms with Crippen LogP contribution in [0.2, 0.25) is 0 Å². The van der Waals surface area contributed by atoms with Gasteiger partial charge in [0.2, 0.25) is 5.91 Å². The van der Waals surface area contributed by atoms with Crippen LogP contribution in [-0.4, -0.2) is 37.0 Å². The molecule has 0 heterocycles. The Labute approximate surface area is 146 Å². The van der Waals surface area contributed by atoms with Gasteiger partial charge in [0.15, 0.2) is 5.96 Å². The first-order valence-electron chi connectivity index (χ1n) is 7.99. The van der Waals surface area contributed by atoms with E-state index in [1.165, 1.54) is 19.3 Å². The molecule has 0 aromatic rings. The summed E-state index contributed by atoms with van der Waals surface area (Å²) in [5.41, 5.74) is 0. The first-order valence-corrected chi connectivity index (χ1v) is 7.99. The maximum absolute atomic E-state index is 11.9. The van der Waals surface area contributed by atoms with Gasteiger partial charge in [0, 0.05) is 18.6 Å². The van der Waals surface area contributed by atoms with E-state index in [1.54, 1.807) is 0 Å². The lowest BCUT2D eigenvalue weighted by atomic mass is 9.95. The Balaban J connectivity index is 0.00000400. The lowest BCUT2D eigenvalue weighted by Gasteiger charge is -2.22. The van der Waals surface area contributed by atoms with Crippen LogP contribution in [0.15, 0.2) is 4.99 Å². The van der Waals surface area contributed by atoms with Gasteiger partial charge in [0.25, 0.3) is 0 Å². The zero-order valence-electron chi connectivity index (χ0n) is 13.6. The summed E-state index contributed by atoms with van der Waals surface area (Å²) in [7, 11) is 0. The molecule has 1 rings (SSSR count). The Morgan fingerprint density at radius 2 is 1.90 bits per heavy atom. The molecule has 1 unspecified atom stereocenters. The molecule has 1 aliphatic rings. The van der Waals surface area contributed by atoms with Gasteiger partial charge in [0.1, 0.15) is 6.54 Å². The third kappa shape index (κ3) is 9.16. The predicted octanol–water partition coefficient (Wildman–Crippen LogP) is 2.41. The van der Waals surface area contributed by atoms with Crippen molar-refractivity contribution in [1.82, 2.24) is 16.0 Å². The molecule has 0 aromatic heterocycles. The topological polar surface area (TPSA) is 65.5 Å². The second-order valence-corrected chi connectivity index (χ2v) is 5.55. The Hall–Kier alpha value is -0.530. The summed E-state index contributed by atoms with van der Waals surface area (Å²) in [4.78, 5) is 16.3. The Morgan fingerprint density at radius 3 is 2.48 bits per heavy atom. The third-order valence-corrected chi connectivity index (χ3v) is 3.69. The van der Waals surface area contributed by atoms with Gasteiger partial charge in [-0.1, -0.05) is 26.2 Å². The van der Waals surface area contributed by atoms with Crippen LogP contribution >= 0.6 is 24.0 Å². The molecule has 0 radical (unpaired) electrons. The molecular weight excluding hydrogens is 379 g/mol. The fourth-order valence-corrected chi connectivity index (χ4v) is 2.33. The van der Waals surface area contributed by atoms with Crippen LogP contribution in [0.3, 0.4) is 0 Å². The summed E-state index contributed by atoms with van der Waals surface area (Å²) in [5.74, 6) is 0.749. The van der Waals surface area contributed by atoms with Crippen molar-refractivity contribution in [2.75, 3.05) is 13.1 Å². The summed E-state index contributed by atoms with van der Waals surface area (Å²) in [5, 5.41) is 9.53. The molecule has 1 fully saturated rings. The lowest BCUT2D eigenvalue weighted by Crippen LogP contribution is -2.43. The second-order valence-electron chi connectivity index (χ2n) is 5.55. The molecule has 21 heavy (non-hydrogen) atoms. The van der Waals surface area contributed by atoms with Gasteiger partial charge in [0.05, 0.1) is 0 Å². The van der Waals surface area contributed by atoms with Gasteiger partial charge in [-0.25, -0.2) is 4.99 Å². The number of aliphatic imine (C=N–C) groups is 1. The fraction of sp³-hybridized carbons (Fsp3) is 0.867. The number of rotatable bonds is 6. The number of carbonyl (C=O) groups is 1. The van der Waals surface area contributed by atoms with E-state index in [9.17, 15) is 4.79 Å². The molecule has 6 heteroatoms. The third-order valence-electron chi connectivity index (χ3n) is 3.69. The number of amides is 1. The SMILES string of the molecule is CCNC(=NCC(=O)NC1CCCCC1)NC(C)CC.I. The van der Waals surface area contributed by atoms with Gasteiger partial charge < -0.3 is 16.0 Å². The zero-order chi connectivity index (χ0) is 14.8. The highest BCUT2D eigenvalue weighted by Gasteiger charge is 2.15. The highest BCUT2D eigenvalue weighted by atomic mass is 127. The van der Waals surface area contributed by atoms with Gasteiger partial charge in [-0.15, -0.1) is 24.0 Å². The maximum Gasteiger partial charge on any atom is 0.242 e. The molecule has 1 saturated carbocycles. The Bertz CT molecular complexity index is 317. The number of hydrogen-bond acceptors (Lipinski definition) is 2. The molecule has 1 atom stereocenters. The van der Waals surface area contributed by atoms with Gasteiger partial charge in [-0.2, -0.15) is 0 Å². The van der Waals surface area contributed by atoms with Gasteiger partial charge in [-0.3, -0.25) is 4.79 Å². The molecular formula is C15H31IN4O. The van der Waals surface area contributed by atoms with Crippen LogP contribution < -0.4 is 16.0 Å². The minimum Gasteiger partial charge on any atom is -0.357 e. The quantitative estimate of drug-likeness (QED) is 0.358. The molecule has 0 aromatic carbocycles. The Kier molecular flexibility index (Phi) is 11.8. The summed E-state index contributed by atoms with van der Waals surface area (Å²) < 4.78 is 0. The average molecular weight is 410 g/mol. The summed E-state index contributed by atoms with van der Waals surface area (Å²) in [6.07, 6.45) is 7.01. The predicted molar refractivity (Wildman–Crippen MR) is 99.3 cm³/mol. The van der Waals surface area contributed by atoms with E-state index in [1.807, 2.05) is 6.92 Å². The van der Waals surface area contributed by atoms with Crippen LogP contribution in [0.4, 0.5) is 0 Å². The number of guanidine groups is 1. The first-order chi connectivity index (χ1) is 9.65. The van der Waals surface area contributed by atoms with E-state index in [0.717, 1.165) is 31.8 Å². The van der Waals surface area contributed by atoms with Crippen molar-refractivity contribution in [3.05, 3.63) is 0 Å². The zero-order valence-corrected chi connectivity index (χ0v) is 15.9. The number of nitrogens with zero attached hydrogens (tertiary/aromatic N) is 1. The van der Waals surface area contributed by atoms with Gasteiger partial charge in [-0.05, 0) is 33.1 Å². The van der Waals surface area contributed by atoms with Crippen LogP contribution in [0.1, 0.15) is 59.3 Å². The van der Waals surface area contributed by atoms with Crippen molar-refractivity contribution in [3.63, 3.8) is 0 Å². The average Bonchev–Trinajstić information content (AvgIpc) is 2.46. The number of carbonyl (C=O) groups excluding carboxylic acids is 1. The summed E-state index contributed by atoms with van der Waals surface area (Å²) in [6, 6.07) is 0.714. The molecule has 0 bridgehead atoms. The summed E-state index contributed by atoms with van der Waals surface area (Å²) in [6.45, 7) is 7.25. The van der Waals surface area contributed by atoms with E-state index < -0.39 is 0 Å². The molecule has 0 saturated heterocycles. The molecule has 3 N–H and O–H groups in total. The number of halogens is 1. The minimum absolute atomic E-state index is 0. The smallest absolute Gasteiger partial charge is 0.242 e. The summed E-state index contributed by atoms with van der Waals surface area (Å²) >= 11 is 0. The Morgan fingerprint density at radius 1 is 1.24 bits per heavy atom. The van der Waals surface area contributed by atoms with Crippen LogP contribution in [0.25, 0.3) is 0 Å². The van der Waals surface area contributed by atoms with E-state index in [0.29, 0.717) is 12.1 Å². The molecule has 1 amide bonds. The monoisotopic (exact) mass is 410 g/mol. The van der Waals surface area contributed by atoms with Crippen molar-refractivity contribution >= 4 is 35.8 Å². The molecule has 0 aliphatic heterocycles. The molecule has 5 nitrogen and oxygen atoms in total. The largest absolute Gasteiger partial charge is 0.357 e. The number of nitrogens with one attached hydrogen (secondary N) is 3. The van der Waals surface area contributed by atoms with Gasteiger partial charge >= 0.3 is 0 Å². The lowest BCUT2D eigenvalue weighted by molar-refractivity contribution is -0.120. The normalized spacial score (nSPS) is 17.6. The van der Waals surface area contributed by atoms with E-state index in [2.05, 4.69) is 34.8 Å². The molecule has 0 spiro atoms. The van der Waals surface area contributed by atoms with Crippen molar-refractivity contribution in [3.8, 4) is 0 Å². The van der Waals surface area contributed by atoms with Crippen molar-refractivity contribution in [1.29, 1.82) is 0 Å². The van der Waals surface area contributed by atoms with Crippen LogP contribution in [0, 0.1) is 0 Å². The first kappa shape index (κ1) is 20.5. The fourth-order valence-electron chi connectivity index (χ4n) is 2.33. The highest BCUT2D eigenvalue weighted by Crippen LogP contribution is 2.17. The van der Waals surface area contributed by atoms with Crippen LogP contribution in [0.5, 0.6) is 0 Å². The van der Waals surface area contributed by atoms with Crippen molar-refractivity contribution in [2.24, 2.45) is 4.99 Å². The number of hydrogen-bond donors (Lipinski definition) is 3. The van der Waals surface area contributed by atoms with Crippen molar-refractivity contribution < 1.29 is 4.79 Å².